The maximum Gasteiger partial charge on any atom is 0.100 e. The Morgan fingerprint density at radius 2 is 1.31 bits per heavy atom. The van der Waals surface area contributed by atoms with Crippen LogP contribution in [0.5, 0.6) is 0 Å². The van der Waals surface area contributed by atoms with Crippen molar-refractivity contribution in [3.63, 3.8) is 0 Å². The molecule has 0 unspecified atom stereocenters. The lowest BCUT2D eigenvalue weighted by Crippen LogP contribution is -2.40. The van der Waals surface area contributed by atoms with Gasteiger partial charge < -0.3 is 0 Å². The summed E-state index contributed by atoms with van der Waals surface area (Å²) in [6, 6.07) is 16.8. The van der Waals surface area contributed by atoms with Crippen LogP contribution in [0.4, 0.5) is 0 Å². The molecule has 0 N–H and O–H groups in total. The predicted octanol–water partition coefficient (Wildman–Crippen LogP) is 10.3. The average Bonchev–Trinajstić information content (AvgIpc) is 2.97. The predicted molar refractivity (Wildman–Crippen MR) is 186 cm³/mol. The lowest BCUT2D eigenvalue weighted by Gasteiger charge is -2.43. The normalized spacial score (nSPS) is 23.1. The minimum atomic E-state index is -1.14. The van der Waals surface area contributed by atoms with Crippen molar-refractivity contribution in [1.29, 1.82) is 0 Å². The van der Waals surface area contributed by atoms with Crippen LogP contribution in [0.25, 0.3) is 0 Å². The smallest absolute Gasteiger partial charge is 0.100 e. The molecule has 42 heavy (non-hydrogen) atoms. The molecule has 2 saturated carbocycles. The minimum absolute atomic E-state index is 0.0235. The molecule has 0 spiro atoms. The highest BCUT2D eigenvalue weighted by atomic mass is 32.2. The van der Waals surface area contributed by atoms with Crippen LogP contribution in [-0.4, -0.2) is 31.6 Å². The molecule has 3 aliphatic carbocycles. The van der Waals surface area contributed by atoms with Crippen LogP contribution in [0, 0.1) is 0 Å². The molecular formula is C38H58NOPS. The van der Waals surface area contributed by atoms with E-state index in [-0.39, 0.29) is 29.5 Å². The molecule has 0 aliphatic heterocycles. The Labute approximate surface area is 262 Å². The molecule has 232 valence electrons. The highest BCUT2D eigenvalue weighted by molar-refractivity contribution is 7.84. The number of hydrogen-bond acceptors (Lipinski definition) is 1. The van der Waals surface area contributed by atoms with Crippen molar-refractivity contribution >= 4 is 24.2 Å². The standard InChI is InChI=1S/C38H58NOPS/c1-36(2,3)42(40)39(8)35(28-23-24-32-33(27-28)38(6,7)26-25-37(32,4)5)31-21-15-16-22-34(31)41(29-17-11-9-12-18-29)30-19-13-10-14-20-30/h15-16,21-24,27,29-30,35H,9-14,17-20,25-26H2,1-8H3/t35-,42+/m0/s1. The van der Waals surface area contributed by atoms with E-state index in [1.54, 1.807) is 5.30 Å². The third-order valence-electron chi connectivity index (χ3n) is 10.8. The second-order valence-electron chi connectivity index (χ2n) is 15.9. The fourth-order valence-electron chi connectivity index (χ4n) is 8.25. The summed E-state index contributed by atoms with van der Waals surface area (Å²) in [5, 5.41) is 1.62. The van der Waals surface area contributed by atoms with Gasteiger partial charge >= 0.3 is 0 Å². The van der Waals surface area contributed by atoms with E-state index in [4.69, 9.17) is 0 Å². The van der Waals surface area contributed by atoms with Crippen molar-refractivity contribution in [3.05, 3.63) is 64.7 Å². The minimum Gasteiger partial charge on any atom is -0.242 e. The molecule has 0 aromatic heterocycles. The van der Waals surface area contributed by atoms with E-state index in [9.17, 15) is 4.21 Å². The average molecular weight is 608 g/mol. The van der Waals surface area contributed by atoms with Crippen molar-refractivity contribution < 1.29 is 4.21 Å². The van der Waals surface area contributed by atoms with Gasteiger partial charge in [-0.2, -0.15) is 0 Å². The molecule has 2 atom stereocenters. The Morgan fingerprint density at radius 3 is 1.86 bits per heavy atom. The largest absolute Gasteiger partial charge is 0.242 e. The van der Waals surface area contributed by atoms with E-state index in [1.807, 2.05) is 0 Å². The molecule has 0 saturated heterocycles. The van der Waals surface area contributed by atoms with E-state index in [0.29, 0.717) is 0 Å². The molecule has 0 amide bonds. The van der Waals surface area contributed by atoms with E-state index in [1.165, 1.54) is 99.3 Å². The second kappa shape index (κ2) is 12.8. The van der Waals surface area contributed by atoms with Gasteiger partial charge in [0, 0.05) is 7.05 Å². The number of rotatable bonds is 7. The SMILES string of the molecule is CN([C@@H](c1ccc2c(c1)C(C)(C)CCC2(C)C)c1ccccc1P(C1CCCCC1)C1CCCCC1)[S@](=O)C(C)(C)C. The summed E-state index contributed by atoms with van der Waals surface area (Å²) in [4.78, 5) is 0. The van der Waals surface area contributed by atoms with E-state index in [0.717, 1.165) is 11.3 Å². The highest BCUT2D eigenvalue weighted by Gasteiger charge is 2.40. The van der Waals surface area contributed by atoms with Gasteiger partial charge in [0.2, 0.25) is 0 Å². The zero-order valence-corrected chi connectivity index (χ0v) is 29.7. The monoisotopic (exact) mass is 607 g/mol. The molecule has 4 heteroatoms. The van der Waals surface area contributed by atoms with Crippen molar-refractivity contribution in [2.24, 2.45) is 0 Å². The van der Waals surface area contributed by atoms with Gasteiger partial charge in [-0.05, 0) is 109 Å². The van der Waals surface area contributed by atoms with Crippen LogP contribution in [0.15, 0.2) is 42.5 Å². The molecular weight excluding hydrogens is 549 g/mol. The van der Waals surface area contributed by atoms with E-state index >= 15 is 0 Å². The third-order valence-corrected chi connectivity index (χ3v) is 16.1. The van der Waals surface area contributed by atoms with E-state index in [2.05, 4.69) is 102 Å². The van der Waals surface area contributed by atoms with Gasteiger partial charge in [0.05, 0.1) is 10.8 Å². The summed E-state index contributed by atoms with van der Waals surface area (Å²) < 4.78 is 16.1. The van der Waals surface area contributed by atoms with Gasteiger partial charge in [-0.3, -0.25) is 0 Å². The maximum absolute atomic E-state index is 14.2. The zero-order chi connectivity index (χ0) is 30.3. The quantitative estimate of drug-likeness (QED) is 0.287. The molecule has 3 aliphatic rings. The Hall–Kier alpha value is -1.02. The van der Waals surface area contributed by atoms with Crippen LogP contribution in [0.2, 0.25) is 0 Å². The fraction of sp³-hybridized carbons (Fsp3) is 0.684. The number of benzene rings is 2. The Balaban J connectivity index is 1.69. The molecule has 2 fully saturated rings. The van der Waals surface area contributed by atoms with Crippen molar-refractivity contribution in [1.82, 2.24) is 4.31 Å². The summed E-state index contributed by atoms with van der Waals surface area (Å²) in [5.41, 5.74) is 7.73. The molecule has 2 aromatic carbocycles. The van der Waals surface area contributed by atoms with Crippen LogP contribution < -0.4 is 5.30 Å². The van der Waals surface area contributed by atoms with Crippen molar-refractivity contribution in [2.45, 2.75) is 158 Å². The molecule has 0 radical (unpaired) electrons. The summed E-state index contributed by atoms with van der Waals surface area (Å²) in [6.45, 7) is 16.0. The topological polar surface area (TPSA) is 20.3 Å². The summed E-state index contributed by atoms with van der Waals surface area (Å²) >= 11 is 0. The van der Waals surface area contributed by atoms with Crippen LogP contribution in [-0.2, 0) is 21.8 Å². The summed E-state index contributed by atoms with van der Waals surface area (Å²) in [5.74, 6) is 0. The number of nitrogens with zero attached hydrogens (tertiary/aromatic N) is 1. The number of hydrogen-bond donors (Lipinski definition) is 0. The van der Waals surface area contributed by atoms with Gasteiger partial charge in [-0.15, -0.1) is 0 Å². The van der Waals surface area contributed by atoms with Crippen LogP contribution >= 0.6 is 7.92 Å². The molecule has 0 bridgehead atoms. The van der Waals surface area contributed by atoms with Gasteiger partial charge in [-0.25, -0.2) is 8.51 Å². The Bertz CT molecular complexity index is 1230. The van der Waals surface area contributed by atoms with E-state index < -0.39 is 11.0 Å². The first kappa shape index (κ1) is 32.4. The zero-order valence-electron chi connectivity index (χ0n) is 28.0. The number of fused-ring (bicyclic) bond motifs is 1. The molecule has 2 nitrogen and oxygen atoms in total. The van der Waals surface area contributed by atoms with Crippen LogP contribution in [0.1, 0.15) is 154 Å². The first-order valence-corrected chi connectivity index (χ1v) is 19.6. The van der Waals surface area contributed by atoms with Crippen LogP contribution in [0.3, 0.4) is 0 Å². The first-order valence-electron chi connectivity index (χ1n) is 17.0. The lowest BCUT2D eigenvalue weighted by atomic mass is 9.63. The first-order chi connectivity index (χ1) is 19.8. The maximum atomic E-state index is 14.2. The van der Waals surface area contributed by atoms with Gasteiger partial charge in [-0.1, -0.05) is 117 Å². The summed E-state index contributed by atoms with van der Waals surface area (Å²) in [7, 11) is 0.709. The lowest BCUT2D eigenvalue weighted by molar-refractivity contribution is 0.330. The van der Waals surface area contributed by atoms with Crippen molar-refractivity contribution in [2.75, 3.05) is 7.05 Å². The van der Waals surface area contributed by atoms with Gasteiger partial charge in [0.15, 0.2) is 0 Å². The third kappa shape index (κ3) is 6.65. The molecule has 2 aromatic rings. The second-order valence-corrected chi connectivity index (χ2v) is 21.0. The van der Waals surface area contributed by atoms with Gasteiger partial charge in [0.25, 0.3) is 0 Å². The Morgan fingerprint density at radius 1 is 0.786 bits per heavy atom. The summed E-state index contributed by atoms with van der Waals surface area (Å²) in [6.07, 6.45) is 16.4. The Kier molecular flexibility index (Phi) is 9.84. The highest BCUT2D eigenvalue weighted by Crippen LogP contribution is 2.56. The van der Waals surface area contributed by atoms with Gasteiger partial charge in [0.1, 0.15) is 11.0 Å². The fourth-order valence-corrected chi connectivity index (χ4v) is 13.5. The molecule has 0 heterocycles. The molecule has 5 rings (SSSR count). The van der Waals surface area contributed by atoms with Crippen molar-refractivity contribution in [3.8, 4) is 0 Å².